The molecule has 0 aromatic heterocycles. The van der Waals surface area contributed by atoms with Crippen LogP contribution in [0.15, 0.2) is 30.3 Å². The highest BCUT2D eigenvalue weighted by Gasteiger charge is 2.39. The number of piperidine rings is 1. The van der Waals surface area contributed by atoms with E-state index in [4.69, 9.17) is 9.47 Å². The zero-order valence-corrected chi connectivity index (χ0v) is 19.6. The van der Waals surface area contributed by atoms with E-state index >= 15 is 0 Å². The minimum atomic E-state index is -0.675. The lowest BCUT2D eigenvalue weighted by atomic mass is 9.97. The lowest BCUT2D eigenvalue weighted by molar-refractivity contribution is -0.136. The van der Waals surface area contributed by atoms with Gasteiger partial charge in [-0.1, -0.05) is 0 Å². The Hall–Kier alpha value is -4.08. The van der Waals surface area contributed by atoms with Crippen LogP contribution in [0.4, 0.5) is 10.5 Å². The summed E-state index contributed by atoms with van der Waals surface area (Å²) < 4.78 is 11.0. The predicted octanol–water partition coefficient (Wildman–Crippen LogP) is 2.05. The van der Waals surface area contributed by atoms with E-state index in [2.05, 4.69) is 10.6 Å². The molecule has 0 saturated carbocycles. The second-order valence-corrected chi connectivity index (χ2v) is 8.80. The van der Waals surface area contributed by atoms with Crippen LogP contribution >= 0.6 is 0 Å². The number of rotatable bonds is 4. The van der Waals surface area contributed by atoms with Gasteiger partial charge in [-0.15, -0.1) is 0 Å². The number of ether oxygens (including phenoxy) is 2. The fourth-order valence-corrected chi connectivity index (χ4v) is 5.02. The number of imide groups is 1. The number of fused-ring (bicyclic) bond motifs is 2. The van der Waals surface area contributed by atoms with E-state index in [0.29, 0.717) is 42.9 Å². The smallest absolute Gasteiger partial charge is 0.322 e. The molecular formula is C25H26N4O6. The summed E-state index contributed by atoms with van der Waals surface area (Å²) in [6.45, 7) is 1.15. The Bertz CT molecular complexity index is 1240. The van der Waals surface area contributed by atoms with Gasteiger partial charge in [0.05, 0.1) is 20.8 Å². The topological polar surface area (TPSA) is 117 Å². The molecule has 1 saturated heterocycles. The largest absolute Gasteiger partial charge is 0.496 e. The molecule has 1 atom stereocenters. The Balaban J connectivity index is 1.29. The van der Waals surface area contributed by atoms with Gasteiger partial charge in [-0.2, -0.15) is 0 Å². The first kappa shape index (κ1) is 22.7. The first-order valence-corrected chi connectivity index (χ1v) is 11.5. The molecule has 3 aliphatic heterocycles. The highest BCUT2D eigenvalue weighted by Crippen LogP contribution is 2.35. The number of hydrogen-bond acceptors (Lipinski definition) is 6. The van der Waals surface area contributed by atoms with E-state index in [1.54, 1.807) is 37.3 Å². The third kappa shape index (κ3) is 4.05. The zero-order chi connectivity index (χ0) is 24.7. The fraction of sp³-hybridized carbons (Fsp3) is 0.360. The molecule has 10 heteroatoms. The number of hydrogen-bond donors (Lipinski definition) is 2. The van der Waals surface area contributed by atoms with Gasteiger partial charge in [0.2, 0.25) is 11.8 Å². The number of amides is 5. The molecule has 5 rings (SSSR count). The molecule has 3 aliphatic rings. The Morgan fingerprint density at radius 3 is 2.46 bits per heavy atom. The summed E-state index contributed by atoms with van der Waals surface area (Å²) in [7, 11) is 3.23. The van der Waals surface area contributed by atoms with Crippen molar-refractivity contribution in [3.05, 3.63) is 52.6 Å². The van der Waals surface area contributed by atoms with Crippen LogP contribution in [0.2, 0.25) is 0 Å². The Morgan fingerprint density at radius 1 is 1.00 bits per heavy atom. The number of urea groups is 1. The second kappa shape index (κ2) is 8.94. The van der Waals surface area contributed by atoms with Crippen molar-refractivity contribution in [1.29, 1.82) is 0 Å². The fourth-order valence-electron chi connectivity index (χ4n) is 5.02. The van der Waals surface area contributed by atoms with Crippen LogP contribution in [-0.4, -0.2) is 60.4 Å². The van der Waals surface area contributed by atoms with Crippen LogP contribution < -0.4 is 20.1 Å². The molecule has 0 aliphatic carbocycles. The van der Waals surface area contributed by atoms with Crippen molar-refractivity contribution < 1.29 is 28.7 Å². The molecule has 1 unspecified atom stereocenters. The van der Waals surface area contributed by atoms with Gasteiger partial charge in [-0.05, 0) is 48.7 Å². The molecule has 35 heavy (non-hydrogen) atoms. The van der Waals surface area contributed by atoms with Crippen molar-refractivity contribution in [2.24, 2.45) is 0 Å². The number of carbonyl (C=O) groups excluding carboxylic acids is 4. The van der Waals surface area contributed by atoms with Crippen molar-refractivity contribution in [1.82, 2.24) is 15.1 Å². The van der Waals surface area contributed by atoms with Crippen LogP contribution in [0.1, 0.15) is 39.9 Å². The molecule has 0 bridgehead atoms. The van der Waals surface area contributed by atoms with Crippen molar-refractivity contribution in [2.75, 3.05) is 26.1 Å². The minimum Gasteiger partial charge on any atom is -0.496 e. The molecule has 2 N–H and O–H groups in total. The summed E-state index contributed by atoms with van der Waals surface area (Å²) in [6, 6.07) is 7.89. The maximum absolute atomic E-state index is 13.1. The van der Waals surface area contributed by atoms with Crippen LogP contribution in [0.3, 0.4) is 0 Å². The Morgan fingerprint density at radius 2 is 1.74 bits per heavy atom. The van der Waals surface area contributed by atoms with Crippen LogP contribution in [0, 0.1) is 0 Å². The average molecular weight is 479 g/mol. The summed E-state index contributed by atoms with van der Waals surface area (Å²) in [5.41, 5.74) is 3.76. The molecule has 10 nitrogen and oxygen atoms in total. The van der Waals surface area contributed by atoms with E-state index in [1.807, 2.05) is 12.1 Å². The van der Waals surface area contributed by atoms with Crippen LogP contribution in [0.5, 0.6) is 11.5 Å². The number of anilines is 1. The van der Waals surface area contributed by atoms with Gasteiger partial charge < -0.3 is 24.6 Å². The van der Waals surface area contributed by atoms with E-state index in [0.717, 1.165) is 22.4 Å². The van der Waals surface area contributed by atoms with Crippen molar-refractivity contribution in [2.45, 2.75) is 38.4 Å². The quantitative estimate of drug-likeness (QED) is 0.650. The molecule has 0 radical (unpaired) electrons. The summed E-state index contributed by atoms with van der Waals surface area (Å²) in [5, 5.41) is 5.22. The highest BCUT2D eigenvalue weighted by atomic mass is 16.5. The van der Waals surface area contributed by atoms with Crippen LogP contribution in [-0.2, 0) is 29.1 Å². The predicted molar refractivity (Wildman–Crippen MR) is 125 cm³/mol. The van der Waals surface area contributed by atoms with Gasteiger partial charge in [0.1, 0.15) is 17.5 Å². The maximum Gasteiger partial charge on any atom is 0.322 e. The number of carbonyl (C=O) groups is 4. The second-order valence-electron chi connectivity index (χ2n) is 8.80. The summed E-state index contributed by atoms with van der Waals surface area (Å²) >= 11 is 0. The molecule has 2 aromatic carbocycles. The van der Waals surface area contributed by atoms with E-state index in [-0.39, 0.29) is 30.8 Å². The monoisotopic (exact) mass is 478 g/mol. The number of nitrogens with zero attached hydrogens (tertiary/aromatic N) is 2. The Kier molecular flexibility index (Phi) is 5.80. The van der Waals surface area contributed by atoms with Gasteiger partial charge >= 0.3 is 6.03 Å². The van der Waals surface area contributed by atoms with Gasteiger partial charge in [0.15, 0.2) is 0 Å². The summed E-state index contributed by atoms with van der Waals surface area (Å²) in [5.74, 6) is 0.471. The third-order valence-electron chi connectivity index (χ3n) is 6.83. The van der Waals surface area contributed by atoms with Gasteiger partial charge in [0.25, 0.3) is 5.91 Å². The molecule has 5 amide bonds. The molecule has 182 valence electrons. The number of methoxy groups -OCH3 is 2. The number of benzene rings is 2. The molecular weight excluding hydrogens is 452 g/mol. The first-order chi connectivity index (χ1) is 16.9. The lowest BCUT2D eigenvalue weighted by Crippen LogP contribution is -2.52. The van der Waals surface area contributed by atoms with E-state index < -0.39 is 11.9 Å². The maximum atomic E-state index is 13.1. The summed E-state index contributed by atoms with van der Waals surface area (Å²) in [6.07, 6.45) is 1.15. The zero-order valence-electron chi connectivity index (χ0n) is 19.6. The minimum absolute atomic E-state index is 0.202. The van der Waals surface area contributed by atoms with E-state index in [1.165, 1.54) is 4.90 Å². The first-order valence-electron chi connectivity index (χ1n) is 11.5. The van der Waals surface area contributed by atoms with Crippen molar-refractivity contribution >= 4 is 29.4 Å². The molecule has 0 spiro atoms. The van der Waals surface area contributed by atoms with Gasteiger partial charge in [0, 0.05) is 41.9 Å². The SMILES string of the molecule is COc1ccc(OC)c2c1CCN(C(=O)Nc1ccc3c(c1)CN(C1CCC(=O)NC1=O)C3=O)C2. The average Bonchev–Trinajstić information content (AvgIpc) is 3.18. The molecule has 1 fully saturated rings. The summed E-state index contributed by atoms with van der Waals surface area (Å²) in [4.78, 5) is 52.8. The molecule has 2 aromatic rings. The lowest BCUT2D eigenvalue weighted by Gasteiger charge is -2.31. The van der Waals surface area contributed by atoms with Crippen molar-refractivity contribution in [3.63, 3.8) is 0 Å². The van der Waals surface area contributed by atoms with Crippen molar-refractivity contribution in [3.8, 4) is 11.5 Å². The van der Waals surface area contributed by atoms with Gasteiger partial charge in [-0.25, -0.2) is 4.79 Å². The third-order valence-corrected chi connectivity index (χ3v) is 6.83. The number of nitrogens with one attached hydrogen (secondary N) is 2. The highest BCUT2D eigenvalue weighted by molar-refractivity contribution is 6.05. The van der Waals surface area contributed by atoms with Gasteiger partial charge in [-0.3, -0.25) is 19.7 Å². The van der Waals surface area contributed by atoms with E-state index in [9.17, 15) is 19.2 Å². The normalized spacial score (nSPS) is 19.1. The Labute approximate surface area is 202 Å². The van der Waals surface area contributed by atoms with Crippen LogP contribution in [0.25, 0.3) is 0 Å². The molecule has 3 heterocycles. The standard InChI is InChI=1S/C25H26N4O6/c1-34-20-6-7-21(35-2)18-13-28(10-9-17(18)20)25(33)26-15-3-4-16-14(11-15)12-29(24(16)32)19-5-8-22(30)27-23(19)31/h3-4,6-7,11,19H,5,8-10,12-13H2,1-2H3,(H,26,33)(H,27,30,31).